The van der Waals surface area contributed by atoms with E-state index in [1.807, 2.05) is 53.9 Å². The summed E-state index contributed by atoms with van der Waals surface area (Å²) < 4.78 is 10.7. The minimum atomic E-state index is -0.0329. The molecule has 1 aliphatic heterocycles. The number of piperidine rings is 1. The second kappa shape index (κ2) is 11.8. The van der Waals surface area contributed by atoms with E-state index in [2.05, 4.69) is 20.5 Å². The number of hydrogen-bond acceptors (Lipinski definition) is 7. The van der Waals surface area contributed by atoms with Crippen molar-refractivity contribution in [2.75, 3.05) is 39.2 Å². The molecule has 0 bridgehead atoms. The monoisotopic (exact) mass is 494 g/mol. The second-order valence-electron chi connectivity index (χ2n) is 8.42. The van der Waals surface area contributed by atoms with Crippen molar-refractivity contribution in [3.05, 3.63) is 59.6 Å². The number of amides is 2. The fraction of sp³-hybridized carbons (Fsp3) is 0.346. The molecule has 35 heavy (non-hydrogen) atoms. The lowest BCUT2D eigenvalue weighted by atomic mass is 10.0. The molecule has 1 aromatic heterocycles. The summed E-state index contributed by atoms with van der Waals surface area (Å²) in [6, 6.07) is 15.2. The van der Waals surface area contributed by atoms with Gasteiger partial charge in [0.2, 0.25) is 11.8 Å². The first-order chi connectivity index (χ1) is 17.0. The summed E-state index contributed by atoms with van der Waals surface area (Å²) in [4.78, 5) is 31.6. The van der Waals surface area contributed by atoms with Crippen LogP contribution in [-0.4, -0.2) is 61.6 Å². The van der Waals surface area contributed by atoms with E-state index in [-0.39, 0.29) is 24.3 Å². The predicted octanol–water partition coefficient (Wildman–Crippen LogP) is 3.59. The Hall–Kier alpha value is -3.43. The van der Waals surface area contributed by atoms with Crippen molar-refractivity contribution >= 4 is 28.8 Å². The molecular formula is C26H30N4O4S. The van der Waals surface area contributed by atoms with Crippen LogP contribution in [0.4, 0.5) is 5.69 Å². The summed E-state index contributed by atoms with van der Waals surface area (Å²) in [7, 11) is 3.20. The topological polar surface area (TPSA) is 92.8 Å². The first-order valence-electron chi connectivity index (χ1n) is 11.6. The molecule has 4 rings (SSSR count). The molecule has 8 nitrogen and oxygen atoms in total. The third-order valence-corrected chi connectivity index (χ3v) is 6.84. The molecule has 3 aromatic rings. The molecule has 0 saturated carbocycles. The van der Waals surface area contributed by atoms with Crippen molar-refractivity contribution in [1.29, 1.82) is 0 Å². The van der Waals surface area contributed by atoms with Crippen LogP contribution in [-0.2, 0) is 16.0 Å². The number of hydrogen-bond donors (Lipinski definition) is 2. The predicted molar refractivity (Wildman–Crippen MR) is 137 cm³/mol. The Kier molecular flexibility index (Phi) is 8.33. The van der Waals surface area contributed by atoms with Crippen molar-refractivity contribution in [1.82, 2.24) is 15.2 Å². The number of carbonyl (C=O) groups is 2. The normalized spacial score (nSPS) is 14.3. The summed E-state index contributed by atoms with van der Waals surface area (Å²) in [6.07, 6.45) is 1.88. The van der Waals surface area contributed by atoms with Crippen LogP contribution in [0, 0.1) is 0 Å². The Balaban J connectivity index is 1.22. The van der Waals surface area contributed by atoms with E-state index in [1.165, 1.54) is 11.3 Å². The lowest BCUT2D eigenvalue weighted by Crippen LogP contribution is -2.46. The highest BCUT2D eigenvalue weighted by Crippen LogP contribution is 2.33. The summed E-state index contributed by atoms with van der Waals surface area (Å²) in [6.45, 7) is 1.90. The molecule has 184 valence electrons. The number of carbonyl (C=O) groups excluding carboxylic acids is 2. The molecule has 2 heterocycles. The molecule has 2 aromatic carbocycles. The van der Waals surface area contributed by atoms with Crippen molar-refractivity contribution in [2.45, 2.75) is 25.3 Å². The van der Waals surface area contributed by atoms with Gasteiger partial charge in [0.1, 0.15) is 5.01 Å². The van der Waals surface area contributed by atoms with Gasteiger partial charge in [-0.15, -0.1) is 11.3 Å². The number of ether oxygens (including phenoxy) is 2. The molecule has 9 heteroatoms. The molecule has 0 spiro atoms. The zero-order chi connectivity index (χ0) is 24.6. The van der Waals surface area contributed by atoms with Gasteiger partial charge in [-0.25, -0.2) is 4.98 Å². The minimum Gasteiger partial charge on any atom is -0.493 e. The molecule has 1 aliphatic rings. The van der Waals surface area contributed by atoms with Gasteiger partial charge < -0.3 is 20.1 Å². The smallest absolute Gasteiger partial charge is 0.238 e. The van der Waals surface area contributed by atoms with Gasteiger partial charge >= 0.3 is 0 Å². The van der Waals surface area contributed by atoms with Gasteiger partial charge in [0.25, 0.3) is 0 Å². The van der Waals surface area contributed by atoms with Gasteiger partial charge in [0, 0.05) is 35.8 Å². The maximum atomic E-state index is 12.6. The van der Waals surface area contributed by atoms with Crippen molar-refractivity contribution < 1.29 is 19.1 Å². The van der Waals surface area contributed by atoms with Crippen molar-refractivity contribution in [3.8, 4) is 22.1 Å². The highest BCUT2D eigenvalue weighted by Gasteiger charge is 2.22. The summed E-state index contributed by atoms with van der Waals surface area (Å²) >= 11 is 1.50. The van der Waals surface area contributed by atoms with E-state index >= 15 is 0 Å². The Labute approximate surface area is 209 Å². The summed E-state index contributed by atoms with van der Waals surface area (Å²) in [5.41, 5.74) is 2.46. The number of aromatic nitrogens is 1. The largest absolute Gasteiger partial charge is 0.493 e. The van der Waals surface area contributed by atoms with Crippen molar-refractivity contribution in [2.24, 2.45) is 0 Å². The number of benzene rings is 2. The van der Waals surface area contributed by atoms with E-state index in [1.54, 1.807) is 14.2 Å². The zero-order valence-corrected chi connectivity index (χ0v) is 20.8. The fourth-order valence-corrected chi connectivity index (χ4v) is 4.91. The molecule has 2 amide bonds. The van der Waals surface area contributed by atoms with E-state index in [0.717, 1.165) is 47.9 Å². The first kappa shape index (κ1) is 24.7. The maximum absolute atomic E-state index is 12.6. The molecule has 1 fully saturated rings. The van der Waals surface area contributed by atoms with E-state index in [9.17, 15) is 9.59 Å². The lowest BCUT2D eigenvalue weighted by Gasteiger charge is -2.31. The van der Waals surface area contributed by atoms with Crippen molar-refractivity contribution in [3.63, 3.8) is 0 Å². The molecule has 2 N–H and O–H groups in total. The van der Waals surface area contributed by atoms with Crippen LogP contribution in [0.5, 0.6) is 11.5 Å². The van der Waals surface area contributed by atoms with Crippen LogP contribution in [0.1, 0.15) is 18.5 Å². The molecule has 0 atom stereocenters. The molecule has 0 unspecified atom stereocenters. The first-order valence-corrected chi connectivity index (χ1v) is 12.5. The van der Waals surface area contributed by atoms with Crippen LogP contribution >= 0.6 is 11.3 Å². The van der Waals surface area contributed by atoms with Gasteiger partial charge in [-0.2, -0.15) is 0 Å². The van der Waals surface area contributed by atoms with E-state index < -0.39 is 0 Å². The Bertz CT molecular complexity index is 1140. The third-order valence-electron chi connectivity index (χ3n) is 5.90. The minimum absolute atomic E-state index is 0.0208. The average molecular weight is 495 g/mol. The number of thiazole rings is 1. The highest BCUT2D eigenvalue weighted by atomic mass is 32.1. The zero-order valence-electron chi connectivity index (χ0n) is 20.0. The third kappa shape index (κ3) is 6.80. The van der Waals surface area contributed by atoms with Gasteiger partial charge in [-0.1, -0.05) is 18.2 Å². The molecule has 0 radical (unpaired) electrons. The van der Waals surface area contributed by atoms with Gasteiger partial charge in [-0.05, 0) is 43.2 Å². The van der Waals surface area contributed by atoms with Crippen LogP contribution in [0.2, 0.25) is 0 Å². The van der Waals surface area contributed by atoms with Crippen LogP contribution in [0.3, 0.4) is 0 Å². The summed E-state index contributed by atoms with van der Waals surface area (Å²) in [5.74, 6) is 1.25. The highest BCUT2D eigenvalue weighted by molar-refractivity contribution is 7.13. The molecular weight excluding hydrogens is 464 g/mol. The average Bonchev–Trinajstić information content (AvgIpc) is 3.33. The SMILES string of the molecule is COc1ccc(-c2nc(CC(=O)NC3CCN(CC(=O)Nc4ccccc4)CC3)cs2)cc1OC. The molecule has 0 aliphatic carbocycles. The fourth-order valence-electron chi connectivity index (χ4n) is 4.09. The lowest BCUT2D eigenvalue weighted by molar-refractivity contribution is -0.122. The Morgan fingerprint density at radius 1 is 1.03 bits per heavy atom. The van der Waals surface area contributed by atoms with E-state index in [4.69, 9.17) is 9.47 Å². The number of para-hydroxylation sites is 1. The molecule has 1 saturated heterocycles. The Morgan fingerprint density at radius 3 is 2.49 bits per heavy atom. The quantitative estimate of drug-likeness (QED) is 0.472. The number of nitrogens with zero attached hydrogens (tertiary/aromatic N) is 2. The van der Waals surface area contributed by atoms with Gasteiger partial charge in [-0.3, -0.25) is 14.5 Å². The number of rotatable bonds is 9. The van der Waals surface area contributed by atoms with Gasteiger partial charge in [0.05, 0.1) is 32.9 Å². The number of likely N-dealkylation sites (tertiary alicyclic amines) is 1. The van der Waals surface area contributed by atoms with Crippen LogP contribution in [0.15, 0.2) is 53.9 Å². The Morgan fingerprint density at radius 2 is 1.77 bits per heavy atom. The van der Waals surface area contributed by atoms with Crippen LogP contribution in [0.25, 0.3) is 10.6 Å². The number of anilines is 1. The second-order valence-corrected chi connectivity index (χ2v) is 9.28. The number of nitrogens with one attached hydrogen (secondary N) is 2. The standard InChI is InChI=1S/C26H30N4O4S/c1-33-22-9-8-18(14-23(22)34-2)26-29-21(17-35-26)15-24(31)27-20-10-12-30(13-11-20)16-25(32)28-19-6-4-3-5-7-19/h3-9,14,17,20H,10-13,15-16H2,1-2H3,(H,27,31)(H,28,32). The number of methoxy groups -OCH3 is 2. The maximum Gasteiger partial charge on any atom is 0.238 e. The van der Waals surface area contributed by atoms with Gasteiger partial charge in [0.15, 0.2) is 11.5 Å². The van der Waals surface area contributed by atoms with Crippen LogP contribution < -0.4 is 20.1 Å². The summed E-state index contributed by atoms with van der Waals surface area (Å²) in [5, 5.41) is 8.79. The van der Waals surface area contributed by atoms with E-state index in [0.29, 0.717) is 18.0 Å².